The zero-order chi connectivity index (χ0) is 15.5. The lowest BCUT2D eigenvalue weighted by Gasteiger charge is -2.20. The number of halogens is 3. The van der Waals surface area contributed by atoms with Crippen molar-refractivity contribution in [2.45, 2.75) is 38.5 Å². The lowest BCUT2D eigenvalue weighted by atomic mass is 9.87. The van der Waals surface area contributed by atoms with Gasteiger partial charge in [-0.1, -0.05) is 27.2 Å². The van der Waals surface area contributed by atoms with E-state index in [0.29, 0.717) is 17.8 Å². The average molecular weight is 321 g/mol. The Bertz CT molecular complexity index is 544. The van der Waals surface area contributed by atoms with Gasteiger partial charge in [0.05, 0.1) is 10.5 Å². The summed E-state index contributed by atoms with van der Waals surface area (Å²) in [5.41, 5.74) is -0.621. The molecule has 0 aromatic heterocycles. The number of hydrogen-bond acceptors (Lipinski definition) is 3. The first kappa shape index (κ1) is 17.1. The van der Waals surface area contributed by atoms with Crippen LogP contribution in [-0.4, -0.2) is 10.4 Å². The lowest BCUT2D eigenvalue weighted by molar-refractivity contribution is -0.112. The molecule has 0 heterocycles. The first-order chi connectivity index (χ1) is 9.16. The van der Waals surface area contributed by atoms with Crippen LogP contribution in [0.4, 0.5) is 8.78 Å². The van der Waals surface area contributed by atoms with Crippen LogP contribution >= 0.6 is 23.4 Å². The molecule has 0 N–H and O–H groups in total. The van der Waals surface area contributed by atoms with Gasteiger partial charge in [0, 0.05) is 12.5 Å². The number of rotatable bonds is 5. The van der Waals surface area contributed by atoms with Gasteiger partial charge >= 0.3 is 0 Å². The Kier molecular flexibility index (Phi) is 5.71. The molecule has 6 heteroatoms. The molecule has 20 heavy (non-hydrogen) atoms. The normalized spacial score (nSPS) is 11.5. The van der Waals surface area contributed by atoms with Gasteiger partial charge in [-0.2, -0.15) is 0 Å². The van der Waals surface area contributed by atoms with Gasteiger partial charge in [-0.25, -0.2) is 8.78 Å². The molecule has 0 radical (unpaired) electrons. The maximum absolute atomic E-state index is 13.6. The predicted molar refractivity (Wildman–Crippen MR) is 76.1 cm³/mol. The number of carbonyl (C=O) groups excluding carboxylic acids is 2. The molecular formula is C14H15ClF2O2S. The van der Waals surface area contributed by atoms with E-state index in [0.717, 1.165) is 12.5 Å². The molecule has 1 aromatic carbocycles. The third-order valence-corrected chi connectivity index (χ3v) is 4.15. The van der Waals surface area contributed by atoms with Gasteiger partial charge in [0.2, 0.25) is 0 Å². The molecule has 1 rings (SSSR count). The van der Waals surface area contributed by atoms with Crippen LogP contribution in [-0.2, 0) is 4.79 Å². The van der Waals surface area contributed by atoms with Crippen molar-refractivity contribution in [3.8, 4) is 0 Å². The quantitative estimate of drug-likeness (QED) is 0.578. The molecule has 0 saturated carbocycles. The lowest BCUT2D eigenvalue weighted by Crippen LogP contribution is -2.14. The van der Waals surface area contributed by atoms with E-state index >= 15 is 0 Å². The van der Waals surface area contributed by atoms with Crippen molar-refractivity contribution in [3.05, 3.63) is 29.3 Å². The number of hydrogen-bond donors (Lipinski definition) is 0. The molecule has 1 aromatic rings. The zero-order valence-electron chi connectivity index (χ0n) is 11.4. The number of thioether (sulfide) groups is 1. The highest BCUT2D eigenvalue weighted by Gasteiger charge is 2.22. The highest BCUT2D eigenvalue weighted by atomic mass is 35.5. The number of carbonyl (C=O) groups is 2. The van der Waals surface area contributed by atoms with Crippen LogP contribution in [0.25, 0.3) is 0 Å². The van der Waals surface area contributed by atoms with Gasteiger partial charge in [-0.3, -0.25) is 9.59 Å². The van der Waals surface area contributed by atoms with Gasteiger partial charge in [0.25, 0.3) is 5.24 Å². The molecule has 0 atom stereocenters. The minimum Gasteiger partial charge on any atom is -0.287 e. The Morgan fingerprint density at radius 1 is 1.25 bits per heavy atom. The van der Waals surface area contributed by atoms with Crippen LogP contribution in [0.2, 0.25) is 0 Å². The van der Waals surface area contributed by atoms with E-state index < -0.39 is 22.4 Å². The summed E-state index contributed by atoms with van der Waals surface area (Å²) in [6.45, 7) is 5.82. The summed E-state index contributed by atoms with van der Waals surface area (Å²) in [4.78, 5) is 22.8. The molecule has 0 aliphatic carbocycles. The predicted octanol–water partition coefficient (Wildman–Crippen LogP) is 4.79. The third kappa shape index (κ3) is 4.56. The van der Waals surface area contributed by atoms with E-state index in [2.05, 4.69) is 0 Å². The smallest absolute Gasteiger partial charge is 0.255 e. The first-order valence-corrected chi connectivity index (χ1v) is 7.25. The summed E-state index contributed by atoms with van der Waals surface area (Å²) >= 11 is 5.86. The first-order valence-electron chi connectivity index (χ1n) is 6.06. The van der Waals surface area contributed by atoms with Crippen molar-refractivity contribution in [2.24, 2.45) is 5.41 Å². The SMILES string of the molecule is CCC(C)(C)CC(=O)Sc1cc(C(=O)Cl)c(F)cc1F. The maximum atomic E-state index is 13.6. The van der Waals surface area contributed by atoms with Crippen LogP contribution in [0.5, 0.6) is 0 Å². The monoisotopic (exact) mass is 320 g/mol. The Balaban J connectivity index is 2.95. The van der Waals surface area contributed by atoms with Gasteiger partial charge in [-0.05, 0) is 34.8 Å². The molecule has 0 saturated heterocycles. The maximum Gasteiger partial charge on any atom is 0.255 e. The van der Waals surface area contributed by atoms with Crippen LogP contribution in [0.1, 0.15) is 44.0 Å². The molecule has 0 aliphatic heterocycles. The van der Waals surface area contributed by atoms with E-state index in [1.54, 1.807) is 0 Å². The van der Waals surface area contributed by atoms with Crippen molar-refractivity contribution < 1.29 is 18.4 Å². The van der Waals surface area contributed by atoms with Crippen LogP contribution < -0.4 is 0 Å². The fourth-order valence-electron chi connectivity index (χ4n) is 1.43. The molecule has 0 fully saturated rings. The molecule has 2 nitrogen and oxygen atoms in total. The highest BCUT2D eigenvalue weighted by Crippen LogP contribution is 2.32. The number of benzene rings is 1. The highest BCUT2D eigenvalue weighted by molar-refractivity contribution is 8.13. The molecule has 0 bridgehead atoms. The van der Waals surface area contributed by atoms with Gasteiger partial charge in [0.1, 0.15) is 11.6 Å². The second kappa shape index (κ2) is 6.68. The molecule has 110 valence electrons. The van der Waals surface area contributed by atoms with Crippen molar-refractivity contribution in [3.63, 3.8) is 0 Å². The minimum absolute atomic E-state index is 0.0905. The molecule has 0 aliphatic rings. The van der Waals surface area contributed by atoms with E-state index in [1.165, 1.54) is 0 Å². The van der Waals surface area contributed by atoms with Crippen LogP contribution in [0.3, 0.4) is 0 Å². The Morgan fingerprint density at radius 3 is 2.35 bits per heavy atom. The summed E-state index contributed by atoms with van der Waals surface area (Å²) in [7, 11) is 0. The average Bonchev–Trinajstić information content (AvgIpc) is 2.31. The molecule has 0 amide bonds. The standard InChI is InChI=1S/C14H15ClF2O2S/c1-4-14(2,3)7-12(18)20-11-5-8(13(15)19)9(16)6-10(11)17/h5-6H,4,7H2,1-3H3. The second-order valence-electron chi connectivity index (χ2n) is 5.20. The van der Waals surface area contributed by atoms with Crippen LogP contribution in [0, 0.1) is 17.0 Å². The van der Waals surface area contributed by atoms with Crippen molar-refractivity contribution in [2.75, 3.05) is 0 Å². The molecule has 0 unspecified atom stereocenters. The van der Waals surface area contributed by atoms with Crippen molar-refractivity contribution in [1.82, 2.24) is 0 Å². The van der Waals surface area contributed by atoms with Gasteiger partial charge < -0.3 is 0 Å². The summed E-state index contributed by atoms with van der Waals surface area (Å²) in [5, 5.41) is -1.26. The van der Waals surface area contributed by atoms with E-state index in [4.69, 9.17) is 11.6 Å². The fraction of sp³-hybridized carbons (Fsp3) is 0.429. The largest absolute Gasteiger partial charge is 0.287 e. The summed E-state index contributed by atoms with van der Waals surface area (Å²) in [6.07, 6.45) is 1.06. The summed E-state index contributed by atoms with van der Waals surface area (Å²) in [6, 6.07) is 1.54. The molecule has 0 spiro atoms. The van der Waals surface area contributed by atoms with E-state index in [-0.39, 0.29) is 21.8 Å². The van der Waals surface area contributed by atoms with E-state index in [1.807, 2.05) is 20.8 Å². The summed E-state index contributed by atoms with van der Waals surface area (Å²) in [5.74, 6) is -1.91. The minimum atomic E-state index is -1.03. The zero-order valence-corrected chi connectivity index (χ0v) is 13.0. The van der Waals surface area contributed by atoms with Gasteiger partial charge in [0.15, 0.2) is 5.12 Å². The fourth-order valence-corrected chi connectivity index (χ4v) is 2.62. The van der Waals surface area contributed by atoms with Crippen molar-refractivity contribution >= 4 is 33.7 Å². The van der Waals surface area contributed by atoms with Gasteiger partial charge in [-0.15, -0.1) is 0 Å². The van der Waals surface area contributed by atoms with Crippen LogP contribution in [0.15, 0.2) is 17.0 Å². The topological polar surface area (TPSA) is 34.1 Å². The second-order valence-corrected chi connectivity index (χ2v) is 6.65. The van der Waals surface area contributed by atoms with E-state index in [9.17, 15) is 18.4 Å². The summed E-state index contributed by atoms with van der Waals surface area (Å²) < 4.78 is 26.9. The Labute approximate surface area is 125 Å². The molecular weight excluding hydrogens is 306 g/mol. The Hall–Kier alpha value is -0.940. The Morgan fingerprint density at radius 2 is 1.85 bits per heavy atom. The van der Waals surface area contributed by atoms with Crippen molar-refractivity contribution in [1.29, 1.82) is 0 Å². The third-order valence-electron chi connectivity index (χ3n) is 3.04.